The van der Waals surface area contributed by atoms with Crippen LogP contribution in [0.2, 0.25) is 0 Å². The minimum atomic E-state index is -0.544. The maximum Gasteiger partial charge on any atom is 0.344 e. The molecule has 0 aromatic heterocycles. The van der Waals surface area contributed by atoms with Crippen LogP contribution in [0.25, 0.3) is 0 Å². The van der Waals surface area contributed by atoms with E-state index < -0.39 is 12.2 Å². The number of aryl methyl sites for hydroxylation is 1. The molecule has 0 saturated carbocycles. The predicted molar refractivity (Wildman–Crippen MR) is 87.2 cm³/mol. The second kappa shape index (κ2) is 5.83. The molecule has 23 heavy (non-hydrogen) atoms. The van der Waals surface area contributed by atoms with Crippen molar-refractivity contribution in [2.45, 2.75) is 20.1 Å². The molecule has 1 N–H and O–H groups in total. The molecule has 1 atom stereocenters. The number of cyclic esters (lactones) is 1. The van der Waals surface area contributed by atoms with Crippen LogP contribution in [0.15, 0.2) is 30.3 Å². The highest BCUT2D eigenvalue weighted by atomic mass is 16.6. The average molecular weight is 313 g/mol. The molecule has 3 rings (SSSR count). The number of hydrogen-bond donors (Lipinski definition) is 1. The van der Waals surface area contributed by atoms with Gasteiger partial charge < -0.3 is 19.5 Å². The van der Waals surface area contributed by atoms with Gasteiger partial charge in [-0.2, -0.15) is 0 Å². The maximum atomic E-state index is 12.3. The van der Waals surface area contributed by atoms with E-state index in [-0.39, 0.29) is 0 Å². The van der Waals surface area contributed by atoms with Crippen LogP contribution < -0.4 is 14.8 Å². The number of rotatable bonds is 4. The Bertz CT molecular complexity index is 770. The predicted octanol–water partition coefficient (Wildman–Crippen LogP) is 3.60. The average Bonchev–Trinajstić information content (AvgIpc) is 2.87. The highest BCUT2D eigenvalue weighted by molar-refractivity contribution is 5.98. The van der Waals surface area contributed by atoms with Crippen molar-refractivity contribution < 1.29 is 19.0 Å². The summed E-state index contributed by atoms with van der Waals surface area (Å²) in [5.74, 6) is 0.495. The summed E-state index contributed by atoms with van der Waals surface area (Å²) in [4.78, 5) is 12.3. The van der Waals surface area contributed by atoms with E-state index in [2.05, 4.69) is 5.32 Å². The Hall–Kier alpha value is -2.69. The first-order valence-corrected chi connectivity index (χ1v) is 7.35. The summed E-state index contributed by atoms with van der Waals surface area (Å²) in [7, 11) is 3.05. The van der Waals surface area contributed by atoms with Crippen LogP contribution in [-0.2, 0) is 4.74 Å². The molecule has 1 aliphatic rings. The summed E-state index contributed by atoms with van der Waals surface area (Å²) in [5, 5.41) is 3.29. The van der Waals surface area contributed by atoms with E-state index in [1.807, 2.05) is 38.1 Å². The molecule has 0 bridgehead atoms. The molecule has 0 saturated heterocycles. The summed E-state index contributed by atoms with van der Waals surface area (Å²) in [5.41, 5.74) is 4.39. The van der Waals surface area contributed by atoms with E-state index in [1.165, 1.54) is 19.8 Å². The lowest BCUT2D eigenvalue weighted by molar-refractivity contribution is 0.0435. The van der Waals surface area contributed by atoms with Gasteiger partial charge >= 0.3 is 5.97 Å². The highest BCUT2D eigenvalue weighted by Gasteiger charge is 2.36. The normalized spacial score (nSPS) is 15.8. The van der Waals surface area contributed by atoms with Gasteiger partial charge in [-0.3, -0.25) is 0 Å². The first-order valence-electron chi connectivity index (χ1n) is 7.35. The molecule has 1 aliphatic heterocycles. The molecular weight excluding hydrogens is 294 g/mol. The third-order valence-corrected chi connectivity index (χ3v) is 4.18. The maximum absolute atomic E-state index is 12.3. The molecule has 0 fully saturated rings. The quantitative estimate of drug-likeness (QED) is 0.874. The van der Waals surface area contributed by atoms with Crippen molar-refractivity contribution in [2.24, 2.45) is 0 Å². The summed E-state index contributed by atoms with van der Waals surface area (Å²) in [6, 6.07) is 9.58. The molecule has 0 unspecified atom stereocenters. The number of fused-ring (bicyclic) bond motifs is 1. The third-order valence-electron chi connectivity index (χ3n) is 4.18. The number of anilines is 1. The largest absolute Gasteiger partial charge is 0.493 e. The molecule has 120 valence electrons. The van der Waals surface area contributed by atoms with Crippen LogP contribution in [0, 0.1) is 13.8 Å². The molecule has 0 amide bonds. The first kappa shape index (κ1) is 15.2. The van der Waals surface area contributed by atoms with Crippen molar-refractivity contribution in [1.29, 1.82) is 0 Å². The second-order valence-corrected chi connectivity index (χ2v) is 5.44. The monoisotopic (exact) mass is 313 g/mol. The van der Waals surface area contributed by atoms with Crippen molar-refractivity contribution in [3.63, 3.8) is 0 Å². The Morgan fingerprint density at radius 1 is 1.09 bits per heavy atom. The SMILES string of the molecule is COc1ccc2c(c1OC)C(=O)O[C@H]2Nc1cccc(C)c1C. The minimum absolute atomic E-state index is 0.403. The minimum Gasteiger partial charge on any atom is -0.493 e. The Balaban J connectivity index is 2.01. The van der Waals surface area contributed by atoms with Crippen molar-refractivity contribution in [2.75, 3.05) is 19.5 Å². The van der Waals surface area contributed by atoms with Gasteiger partial charge in [0.25, 0.3) is 0 Å². The molecule has 0 aliphatic carbocycles. The Labute approximate surface area is 135 Å². The van der Waals surface area contributed by atoms with Crippen LogP contribution in [0.1, 0.15) is 33.3 Å². The van der Waals surface area contributed by atoms with Crippen molar-refractivity contribution in [3.8, 4) is 11.5 Å². The molecule has 5 heteroatoms. The first-order chi connectivity index (χ1) is 11.1. The van der Waals surface area contributed by atoms with Gasteiger partial charge in [0, 0.05) is 11.3 Å². The fourth-order valence-electron chi connectivity index (χ4n) is 2.76. The zero-order chi connectivity index (χ0) is 16.6. The van der Waals surface area contributed by atoms with Gasteiger partial charge in [0.2, 0.25) is 6.23 Å². The zero-order valence-corrected chi connectivity index (χ0v) is 13.6. The van der Waals surface area contributed by atoms with Crippen LogP contribution in [0.3, 0.4) is 0 Å². The number of ether oxygens (including phenoxy) is 3. The number of carbonyl (C=O) groups is 1. The van der Waals surface area contributed by atoms with Crippen molar-refractivity contribution >= 4 is 11.7 Å². The fraction of sp³-hybridized carbons (Fsp3) is 0.278. The fourth-order valence-corrected chi connectivity index (χ4v) is 2.76. The van der Waals surface area contributed by atoms with Crippen LogP contribution in [0.5, 0.6) is 11.5 Å². The summed E-state index contributed by atoms with van der Waals surface area (Å²) in [6.45, 7) is 4.08. The van der Waals surface area contributed by atoms with Crippen LogP contribution in [-0.4, -0.2) is 20.2 Å². The smallest absolute Gasteiger partial charge is 0.344 e. The Morgan fingerprint density at radius 3 is 2.57 bits per heavy atom. The van der Waals surface area contributed by atoms with Gasteiger partial charge in [-0.1, -0.05) is 12.1 Å². The van der Waals surface area contributed by atoms with E-state index in [9.17, 15) is 4.79 Å². The topological polar surface area (TPSA) is 56.8 Å². The Morgan fingerprint density at radius 2 is 1.87 bits per heavy atom. The van der Waals surface area contributed by atoms with E-state index in [0.29, 0.717) is 17.1 Å². The summed E-state index contributed by atoms with van der Waals surface area (Å²) < 4.78 is 16.1. The van der Waals surface area contributed by atoms with Crippen molar-refractivity contribution in [1.82, 2.24) is 0 Å². The van der Waals surface area contributed by atoms with E-state index in [4.69, 9.17) is 14.2 Å². The van der Waals surface area contributed by atoms with E-state index in [1.54, 1.807) is 6.07 Å². The number of methoxy groups -OCH3 is 2. The third kappa shape index (κ3) is 2.48. The van der Waals surface area contributed by atoms with Gasteiger partial charge in [-0.05, 0) is 43.2 Å². The van der Waals surface area contributed by atoms with Crippen LogP contribution in [0.4, 0.5) is 5.69 Å². The van der Waals surface area contributed by atoms with Gasteiger partial charge in [0.15, 0.2) is 11.5 Å². The second-order valence-electron chi connectivity index (χ2n) is 5.44. The van der Waals surface area contributed by atoms with E-state index in [0.717, 1.165) is 16.8 Å². The zero-order valence-electron chi connectivity index (χ0n) is 13.6. The van der Waals surface area contributed by atoms with Gasteiger partial charge in [-0.25, -0.2) is 4.79 Å². The number of hydrogen-bond acceptors (Lipinski definition) is 5. The number of nitrogens with one attached hydrogen (secondary N) is 1. The number of carbonyl (C=O) groups excluding carboxylic acids is 1. The lowest BCUT2D eigenvalue weighted by Gasteiger charge is -2.17. The van der Waals surface area contributed by atoms with E-state index >= 15 is 0 Å². The van der Waals surface area contributed by atoms with Crippen LogP contribution >= 0.6 is 0 Å². The molecule has 0 radical (unpaired) electrons. The summed E-state index contributed by atoms with van der Waals surface area (Å²) >= 11 is 0. The van der Waals surface area contributed by atoms with Gasteiger partial charge in [-0.15, -0.1) is 0 Å². The molecule has 1 heterocycles. The molecule has 5 nitrogen and oxygen atoms in total. The summed E-state index contributed by atoms with van der Waals surface area (Å²) in [6.07, 6.45) is -0.544. The molecule has 2 aromatic rings. The molecular formula is C18H19NO4. The van der Waals surface area contributed by atoms with Gasteiger partial charge in [0.05, 0.1) is 14.2 Å². The number of esters is 1. The Kier molecular flexibility index (Phi) is 3.86. The lowest BCUT2D eigenvalue weighted by atomic mass is 10.0. The lowest BCUT2D eigenvalue weighted by Crippen LogP contribution is -2.11. The molecule has 2 aromatic carbocycles. The standard InChI is InChI=1S/C18H19NO4/c1-10-6-5-7-13(11(10)2)19-17-12-8-9-14(21-3)16(22-4)15(12)18(20)23-17/h5-9,17,19H,1-4H3/t17-/m1/s1. The highest BCUT2D eigenvalue weighted by Crippen LogP contribution is 2.42. The van der Waals surface area contributed by atoms with Crippen molar-refractivity contribution in [3.05, 3.63) is 52.6 Å². The number of benzene rings is 2. The van der Waals surface area contributed by atoms with Gasteiger partial charge in [0.1, 0.15) is 5.56 Å². The molecule has 0 spiro atoms.